The predicted molar refractivity (Wildman–Crippen MR) is 134 cm³/mol. The van der Waals surface area contributed by atoms with E-state index in [4.69, 9.17) is 33.2 Å². The molecule has 21 nitrogen and oxygen atoms in total. The maximum atomic E-state index is 11.0. The van der Waals surface area contributed by atoms with Crippen LogP contribution in [0.3, 0.4) is 0 Å². The number of hydrogen-bond donors (Lipinski definition) is 14. The van der Waals surface area contributed by atoms with Crippen molar-refractivity contribution in [2.45, 2.75) is 123 Å². The van der Waals surface area contributed by atoms with Gasteiger partial charge < -0.3 is 105 Å². The van der Waals surface area contributed by atoms with Crippen molar-refractivity contribution in [1.82, 2.24) is 0 Å². The Morgan fingerprint density at radius 1 is 0.378 bits per heavy atom. The minimum atomic E-state index is -1.98. The van der Waals surface area contributed by atoms with Gasteiger partial charge in [-0.2, -0.15) is 0 Å². The summed E-state index contributed by atoms with van der Waals surface area (Å²) in [6.07, 6.45) is -35.0. The molecule has 0 unspecified atom stereocenters. The highest BCUT2D eigenvalue weighted by Gasteiger charge is 2.52. The van der Waals surface area contributed by atoms with Gasteiger partial charge in [0, 0.05) is 0 Å². The van der Waals surface area contributed by atoms with Crippen LogP contribution in [0.4, 0.5) is 0 Å². The molecule has 45 heavy (non-hydrogen) atoms. The molecule has 0 aromatic rings. The van der Waals surface area contributed by atoms with Crippen LogP contribution >= 0.6 is 0 Å². The zero-order chi connectivity index (χ0) is 33.3. The molecule has 0 aromatic heterocycles. The van der Waals surface area contributed by atoms with Gasteiger partial charge in [-0.3, -0.25) is 0 Å². The van der Waals surface area contributed by atoms with Crippen LogP contribution in [0.5, 0.6) is 0 Å². The molecule has 4 aliphatic rings. The third-order valence-electron chi connectivity index (χ3n) is 8.17. The van der Waals surface area contributed by atoms with E-state index in [0.717, 1.165) is 0 Å². The summed E-state index contributed by atoms with van der Waals surface area (Å²) in [4.78, 5) is 0. The van der Waals surface area contributed by atoms with Crippen molar-refractivity contribution in [3.05, 3.63) is 0 Å². The molecule has 264 valence electrons. The summed E-state index contributed by atoms with van der Waals surface area (Å²) >= 11 is 0. The summed E-state index contributed by atoms with van der Waals surface area (Å²) in [6, 6.07) is 0. The van der Waals surface area contributed by atoms with Gasteiger partial charge in [0.25, 0.3) is 0 Å². The lowest BCUT2D eigenvalue weighted by Gasteiger charge is -2.47. The van der Waals surface area contributed by atoms with Crippen LogP contribution in [-0.2, 0) is 33.2 Å². The molecule has 0 bridgehead atoms. The van der Waals surface area contributed by atoms with Crippen molar-refractivity contribution in [2.24, 2.45) is 0 Å². The Labute approximate surface area is 254 Å². The Balaban J connectivity index is 1.51. The van der Waals surface area contributed by atoms with E-state index in [1.54, 1.807) is 0 Å². The minimum Gasteiger partial charge on any atom is -0.394 e. The Hall–Kier alpha value is -0.840. The van der Waals surface area contributed by atoms with E-state index >= 15 is 0 Å². The maximum absolute atomic E-state index is 11.0. The summed E-state index contributed by atoms with van der Waals surface area (Å²) in [5, 5.41) is 141. The summed E-state index contributed by atoms with van der Waals surface area (Å²) in [6.45, 7) is -2.99. The molecule has 4 rings (SSSR count). The second-order valence-corrected chi connectivity index (χ2v) is 11.2. The van der Waals surface area contributed by atoms with Crippen molar-refractivity contribution in [2.75, 3.05) is 26.4 Å². The van der Waals surface area contributed by atoms with Crippen LogP contribution < -0.4 is 0 Å². The van der Waals surface area contributed by atoms with E-state index < -0.39 is 149 Å². The normalized spacial score (nSPS) is 52.9. The Morgan fingerprint density at radius 2 is 0.778 bits per heavy atom. The predicted octanol–water partition coefficient (Wildman–Crippen LogP) is -9.75. The number of aliphatic hydroxyl groups excluding tert-OH is 14. The van der Waals surface area contributed by atoms with Gasteiger partial charge in [0.15, 0.2) is 25.2 Å². The number of hydrogen-bond acceptors (Lipinski definition) is 21. The zero-order valence-corrected chi connectivity index (χ0v) is 23.5. The van der Waals surface area contributed by atoms with Crippen LogP contribution in [0.1, 0.15) is 0 Å². The quantitative estimate of drug-likeness (QED) is 0.103. The number of aliphatic hydroxyl groups is 14. The van der Waals surface area contributed by atoms with Crippen molar-refractivity contribution in [3.8, 4) is 0 Å². The standard InChI is InChI=1S/C24H42O21/c25-1-5-9(27)13(31)17(35)22(42-5)40-4-8-20(45-24-18(36)14(32)10(28)6(2-26)43-24)15(33)19(37)23(44-8)39-3-7-11(29)12(30)16(34)21(38)41-7/h5-38H,1-4H2/t5-,6-,7-,8-,9-,10-,11-,12+,13+,14+,15-,16-,17-,18-,19-,20-,21+,22-,23+,24-/m1/s1. The zero-order valence-electron chi connectivity index (χ0n) is 23.5. The molecule has 0 amide bonds. The minimum absolute atomic E-state index is 0.686. The lowest BCUT2D eigenvalue weighted by atomic mass is 9.96. The monoisotopic (exact) mass is 666 g/mol. The van der Waals surface area contributed by atoms with Crippen molar-refractivity contribution in [3.63, 3.8) is 0 Å². The molecular formula is C24H42O21. The fourth-order valence-electron chi connectivity index (χ4n) is 5.33. The fraction of sp³-hybridized carbons (Fsp3) is 1.00. The van der Waals surface area contributed by atoms with Crippen LogP contribution in [-0.4, -0.2) is 221 Å². The van der Waals surface area contributed by atoms with Gasteiger partial charge in [-0.05, 0) is 0 Å². The molecule has 4 saturated heterocycles. The summed E-state index contributed by atoms with van der Waals surface area (Å²) in [5.41, 5.74) is 0. The van der Waals surface area contributed by atoms with Crippen LogP contribution in [0.25, 0.3) is 0 Å². The molecule has 4 heterocycles. The topological polar surface area (TPSA) is 348 Å². The first-order valence-electron chi connectivity index (χ1n) is 14.1. The highest BCUT2D eigenvalue weighted by atomic mass is 16.8. The lowest BCUT2D eigenvalue weighted by Crippen LogP contribution is -2.65. The molecule has 0 radical (unpaired) electrons. The molecule has 21 heteroatoms. The molecule has 0 saturated carbocycles. The van der Waals surface area contributed by atoms with Crippen molar-refractivity contribution < 1.29 is 105 Å². The van der Waals surface area contributed by atoms with Crippen LogP contribution in [0.2, 0.25) is 0 Å². The molecule has 0 spiro atoms. The smallest absolute Gasteiger partial charge is 0.187 e. The molecular weight excluding hydrogens is 624 g/mol. The second-order valence-electron chi connectivity index (χ2n) is 11.2. The van der Waals surface area contributed by atoms with E-state index in [1.165, 1.54) is 0 Å². The van der Waals surface area contributed by atoms with E-state index in [0.29, 0.717) is 0 Å². The molecule has 4 fully saturated rings. The molecule has 4 aliphatic heterocycles. The van der Waals surface area contributed by atoms with Gasteiger partial charge >= 0.3 is 0 Å². The van der Waals surface area contributed by atoms with E-state index in [1.807, 2.05) is 0 Å². The van der Waals surface area contributed by atoms with E-state index in [-0.39, 0.29) is 0 Å². The molecule has 0 aliphatic carbocycles. The summed E-state index contributed by atoms with van der Waals surface area (Å²) < 4.78 is 37.9. The average molecular weight is 667 g/mol. The van der Waals surface area contributed by atoms with Crippen molar-refractivity contribution in [1.29, 1.82) is 0 Å². The molecule has 0 aromatic carbocycles. The highest BCUT2D eigenvalue weighted by Crippen LogP contribution is 2.31. The first-order chi connectivity index (χ1) is 21.2. The van der Waals surface area contributed by atoms with Gasteiger partial charge in [0.05, 0.1) is 26.4 Å². The largest absolute Gasteiger partial charge is 0.394 e. The Kier molecular flexibility index (Phi) is 12.8. The molecule has 20 atom stereocenters. The maximum Gasteiger partial charge on any atom is 0.187 e. The van der Waals surface area contributed by atoms with Crippen LogP contribution in [0, 0.1) is 0 Å². The first kappa shape index (κ1) is 37.0. The number of rotatable bonds is 10. The molecule has 14 N–H and O–H groups in total. The average Bonchev–Trinajstić information content (AvgIpc) is 3.03. The highest BCUT2D eigenvalue weighted by molar-refractivity contribution is 4.96. The Bertz CT molecular complexity index is 914. The van der Waals surface area contributed by atoms with E-state index in [2.05, 4.69) is 0 Å². The third kappa shape index (κ3) is 7.75. The second kappa shape index (κ2) is 15.6. The summed E-state index contributed by atoms with van der Waals surface area (Å²) in [5.74, 6) is 0. The van der Waals surface area contributed by atoms with Crippen molar-refractivity contribution >= 4 is 0 Å². The number of ether oxygens (including phenoxy) is 7. The van der Waals surface area contributed by atoms with Gasteiger partial charge in [0.1, 0.15) is 97.7 Å². The van der Waals surface area contributed by atoms with Gasteiger partial charge in [-0.15, -0.1) is 0 Å². The van der Waals surface area contributed by atoms with Gasteiger partial charge in [-0.1, -0.05) is 0 Å². The first-order valence-corrected chi connectivity index (χ1v) is 14.1. The van der Waals surface area contributed by atoms with Crippen LogP contribution in [0.15, 0.2) is 0 Å². The Morgan fingerprint density at radius 3 is 1.31 bits per heavy atom. The third-order valence-corrected chi connectivity index (χ3v) is 8.17. The fourth-order valence-corrected chi connectivity index (χ4v) is 5.33. The lowest BCUT2D eigenvalue weighted by molar-refractivity contribution is -0.370. The van der Waals surface area contributed by atoms with Gasteiger partial charge in [-0.25, -0.2) is 0 Å². The SMILES string of the molecule is OC[C@H]1O[C@@H](OC[C@H]2O[C@H](OC[C@H]3O[C@H](O)[C@H](O)[C@@H](O)[C@@H]3O)[C@H](O)[C@@H](O)[C@@H]2O[C@H]2O[C@H](CO)[C@@H](O)[C@H](O)[C@H]2O)[C@H](O)[C@@H](O)[C@@H]1O. The van der Waals surface area contributed by atoms with Gasteiger partial charge in [0.2, 0.25) is 0 Å². The van der Waals surface area contributed by atoms with E-state index in [9.17, 15) is 71.5 Å². The summed E-state index contributed by atoms with van der Waals surface area (Å²) in [7, 11) is 0.